The number of aliphatic hydroxyl groups excluding tert-OH is 1. The van der Waals surface area contributed by atoms with Gasteiger partial charge >= 0.3 is 0 Å². The number of carbonyl (C=O) groups excluding carboxylic acids is 1. The molecule has 5 aromatic rings. The quantitative estimate of drug-likeness (QED) is 0.0913. The average molecular weight is 800 g/mol. The van der Waals surface area contributed by atoms with Crippen molar-refractivity contribution in [2.24, 2.45) is 11.8 Å². The van der Waals surface area contributed by atoms with Crippen molar-refractivity contribution >= 4 is 27.3 Å². The summed E-state index contributed by atoms with van der Waals surface area (Å²) >= 11 is 0. The molecule has 3 aromatic carbocycles. The normalized spacial score (nSPS) is 11.9. The van der Waals surface area contributed by atoms with Crippen molar-refractivity contribution in [3.8, 4) is 22.5 Å². The maximum Gasteiger partial charge on any atom is 0.162 e. The molecule has 0 bridgehead atoms. The first-order chi connectivity index (χ1) is 21.5. The predicted molar refractivity (Wildman–Crippen MR) is 181 cm³/mol. The molecule has 5 rings (SSSR count). The number of hydrogen-bond acceptors (Lipinski definition) is 5. The van der Waals surface area contributed by atoms with Gasteiger partial charge in [-0.05, 0) is 68.7 Å². The van der Waals surface area contributed by atoms with Crippen LogP contribution < -0.4 is 0 Å². The van der Waals surface area contributed by atoms with Crippen LogP contribution in [0, 0.1) is 23.7 Å². The number of rotatable bonds is 9. The standard InChI is InChI=1S/C25H20FN4.C13H24O2.Ir/c1-25(2,3)30-15-23(28-29-30)20-12-19(11-17-9-6-10-21(26)24(17)20)22-13-16-7-4-5-8-18(16)14-27-22;1-5-10(6-2)12(14)9-13(15)11(7-3)8-4;/h4-10,12-15H,1-3H3;9-11,14H,5-8H2,1-4H3;/q-1;;/b;12-9-;. The molecule has 0 amide bonds. The first-order valence-electron chi connectivity index (χ1n) is 15.9. The number of halogens is 1. The van der Waals surface area contributed by atoms with Crippen molar-refractivity contribution in [3.05, 3.63) is 90.7 Å². The van der Waals surface area contributed by atoms with Gasteiger partial charge in [-0.25, -0.2) is 9.07 Å². The Morgan fingerprint density at radius 2 is 1.59 bits per heavy atom. The second-order valence-corrected chi connectivity index (χ2v) is 12.4. The first kappa shape index (κ1) is 36.7. The molecule has 8 heteroatoms. The Bertz CT molecular complexity index is 1800. The Morgan fingerprint density at radius 3 is 2.20 bits per heavy atom. The number of benzene rings is 3. The van der Waals surface area contributed by atoms with Crippen LogP contribution in [0.1, 0.15) is 74.1 Å². The van der Waals surface area contributed by atoms with Gasteiger partial charge in [-0.1, -0.05) is 80.4 Å². The summed E-state index contributed by atoms with van der Waals surface area (Å²) in [4.78, 5) is 16.3. The van der Waals surface area contributed by atoms with Crippen molar-refractivity contribution < 1.29 is 34.4 Å². The molecule has 0 saturated heterocycles. The third kappa shape index (κ3) is 8.54. The number of allylic oxidation sites excluding steroid dienone is 2. The second-order valence-electron chi connectivity index (χ2n) is 12.4. The van der Waals surface area contributed by atoms with Gasteiger partial charge in [0.25, 0.3) is 0 Å². The monoisotopic (exact) mass is 800 g/mol. The summed E-state index contributed by atoms with van der Waals surface area (Å²) in [5.74, 6) is 0.244. The fraction of sp³-hybridized carbons (Fsp3) is 0.368. The molecule has 46 heavy (non-hydrogen) atoms. The third-order valence-corrected chi connectivity index (χ3v) is 8.29. The van der Waals surface area contributed by atoms with E-state index in [9.17, 15) is 14.3 Å². The van der Waals surface area contributed by atoms with Crippen LogP contribution >= 0.6 is 0 Å². The second kappa shape index (κ2) is 16.2. The minimum absolute atomic E-state index is 0. The molecule has 0 aliphatic carbocycles. The van der Waals surface area contributed by atoms with Gasteiger partial charge in [-0.2, -0.15) is 0 Å². The van der Waals surface area contributed by atoms with Crippen LogP contribution in [0.25, 0.3) is 44.1 Å². The summed E-state index contributed by atoms with van der Waals surface area (Å²) in [6.45, 7) is 14.2. The molecule has 1 radical (unpaired) electrons. The van der Waals surface area contributed by atoms with E-state index in [1.807, 2.05) is 97.3 Å². The minimum atomic E-state index is -0.304. The van der Waals surface area contributed by atoms with Crippen molar-refractivity contribution in [1.29, 1.82) is 0 Å². The summed E-state index contributed by atoms with van der Waals surface area (Å²) in [6.07, 6.45) is 8.62. The van der Waals surface area contributed by atoms with Gasteiger partial charge in [0.15, 0.2) is 5.78 Å². The van der Waals surface area contributed by atoms with E-state index < -0.39 is 0 Å². The van der Waals surface area contributed by atoms with Gasteiger partial charge in [0.1, 0.15) is 0 Å². The molecule has 2 heterocycles. The van der Waals surface area contributed by atoms with E-state index in [1.165, 1.54) is 12.1 Å². The average Bonchev–Trinajstić information content (AvgIpc) is 3.53. The van der Waals surface area contributed by atoms with Crippen molar-refractivity contribution in [3.63, 3.8) is 0 Å². The van der Waals surface area contributed by atoms with Crippen LogP contribution in [0.3, 0.4) is 0 Å². The van der Waals surface area contributed by atoms with E-state index in [2.05, 4.69) is 27.4 Å². The molecule has 1 N–H and O–H groups in total. The summed E-state index contributed by atoms with van der Waals surface area (Å²) in [5, 5.41) is 21.7. The molecule has 0 spiro atoms. The Balaban J connectivity index is 0.000000309. The molecular weight excluding hydrogens is 756 g/mol. The molecule has 0 fully saturated rings. The maximum absolute atomic E-state index is 14.8. The molecule has 2 aromatic heterocycles. The van der Waals surface area contributed by atoms with Crippen LogP contribution in [-0.4, -0.2) is 30.9 Å². The van der Waals surface area contributed by atoms with Crippen molar-refractivity contribution in [1.82, 2.24) is 20.0 Å². The number of hydrogen-bond donors (Lipinski definition) is 1. The summed E-state index contributed by atoms with van der Waals surface area (Å²) in [5.41, 5.74) is 2.66. The van der Waals surface area contributed by atoms with Gasteiger partial charge in [0, 0.05) is 49.9 Å². The Morgan fingerprint density at radius 1 is 0.935 bits per heavy atom. The number of pyridine rings is 1. The largest absolute Gasteiger partial charge is 0.512 e. The van der Waals surface area contributed by atoms with Crippen LogP contribution in [0.2, 0.25) is 0 Å². The molecule has 0 aliphatic heterocycles. The zero-order valence-electron chi connectivity index (χ0n) is 27.8. The van der Waals surface area contributed by atoms with Crippen LogP contribution in [0.5, 0.6) is 0 Å². The summed E-state index contributed by atoms with van der Waals surface area (Å²) < 4.78 is 16.6. The van der Waals surface area contributed by atoms with E-state index in [4.69, 9.17) is 0 Å². The SMILES string of the molecule is CC(C)(C)n1cc(-c2cc(-c3cc4ccccc4cn3)[c-]c3cccc(F)c23)nn1.CCC(CC)C(=O)/C=C(\O)C(CC)CC.[Ir]. The van der Waals surface area contributed by atoms with Crippen molar-refractivity contribution in [2.45, 2.75) is 79.7 Å². The zero-order valence-corrected chi connectivity index (χ0v) is 30.2. The smallest absolute Gasteiger partial charge is 0.162 e. The molecular formula is C38H44FIrN4O2-. The van der Waals surface area contributed by atoms with E-state index in [0.717, 1.165) is 47.7 Å². The van der Waals surface area contributed by atoms with E-state index in [1.54, 1.807) is 10.7 Å². The third-order valence-electron chi connectivity index (χ3n) is 8.29. The predicted octanol–water partition coefficient (Wildman–Crippen LogP) is 9.88. The fourth-order valence-electron chi connectivity index (χ4n) is 5.37. The van der Waals surface area contributed by atoms with Crippen LogP contribution in [0.4, 0.5) is 4.39 Å². The minimum Gasteiger partial charge on any atom is -0.512 e. The topological polar surface area (TPSA) is 80.9 Å². The Hall–Kier alpha value is -3.74. The van der Waals surface area contributed by atoms with E-state index >= 15 is 0 Å². The Labute approximate surface area is 285 Å². The number of aliphatic hydroxyl groups is 1. The molecule has 0 atom stereocenters. The number of nitrogens with zero attached hydrogens (tertiary/aromatic N) is 4. The van der Waals surface area contributed by atoms with E-state index in [-0.39, 0.29) is 54.8 Å². The molecule has 0 aliphatic rings. The zero-order chi connectivity index (χ0) is 32.7. The number of aromatic nitrogens is 4. The fourth-order valence-corrected chi connectivity index (χ4v) is 5.37. The van der Waals surface area contributed by atoms with Gasteiger partial charge < -0.3 is 5.11 Å². The number of carbonyl (C=O) groups is 1. The molecule has 0 saturated carbocycles. The van der Waals surface area contributed by atoms with Crippen LogP contribution in [-0.2, 0) is 30.4 Å². The van der Waals surface area contributed by atoms with Gasteiger partial charge in [0.05, 0.1) is 29.0 Å². The summed E-state index contributed by atoms with van der Waals surface area (Å²) in [6, 6.07) is 20.4. The number of fused-ring (bicyclic) bond motifs is 2. The maximum atomic E-state index is 14.8. The molecule has 245 valence electrons. The molecule has 6 nitrogen and oxygen atoms in total. The van der Waals surface area contributed by atoms with Gasteiger partial charge in [-0.3, -0.25) is 9.78 Å². The van der Waals surface area contributed by atoms with Gasteiger partial charge in [0.2, 0.25) is 0 Å². The summed E-state index contributed by atoms with van der Waals surface area (Å²) in [7, 11) is 0. The van der Waals surface area contributed by atoms with E-state index in [0.29, 0.717) is 22.0 Å². The van der Waals surface area contributed by atoms with Crippen molar-refractivity contribution in [2.75, 3.05) is 0 Å². The Kier molecular flexibility index (Phi) is 12.9. The van der Waals surface area contributed by atoms with Crippen LogP contribution in [0.15, 0.2) is 78.8 Å². The molecule has 0 unspecified atom stereocenters. The number of ketones is 1. The first-order valence-corrected chi connectivity index (χ1v) is 15.9. The van der Waals surface area contributed by atoms with Gasteiger partial charge in [-0.15, -0.1) is 28.7 Å².